The van der Waals surface area contributed by atoms with Gasteiger partial charge in [-0.3, -0.25) is 15.1 Å². The zero-order chi connectivity index (χ0) is 22.9. The van der Waals surface area contributed by atoms with Gasteiger partial charge in [0.05, 0.1) is 11.2 Å². The van der Waals surface area contributed by atoms with Gasteiger partial charge in [0, 0.05) is 53.2 Å². The van der Waals surface area contributed by atoms with Gasteiger partial charge in [-0.15, -0.1) is 0 Å². The molecule has 0 fully saturated rings. The summed E-state index contributed by atoms with van der Waals surface area (Å²) >= 11 is 0. The first-order valence-electron chi connectivity index (χ1n) is 11.5. The lowest BCUT2D eigenvalue weighted by atomic mass is 10.0. The van der Waals surface area contributed by atoms with Gasteiger partial charge in [-0.25, -0.2) is 0 Å². The first-order chi connectivity index (χ1) is 16.8. The fourth-order valence-electron chi connectivity index (χ4n) is 4.48. The van der Waals surface area contributed by atoms with Gasteiger partial charge < -0.3 is 10.3 Å². The van der Waals surface area contributed by atoms with Crippen LogP contribution in [0.3, 0.4) is 0 Å². The molecule has 0 unspecified atom stereocenters. The van der Waals surface area contributed by atoms with Gasteiger partial charge in [-0.2, -0.15) is 5.10 Å². The summed E-state index contributed by atoms with van der Waals surface area (Å²) in [5.74, 6) is 0. The van der Waals surface area contributed by atoms with Crippen molar-refractivity contribution in [1.29, 1.82) is 0 Å². The van der Waals surface area contributed by atoms with Crippen molar-refractivity contribution in [2.75, 3.05) is 6.54 Å². The molecule has 4 aromatic heterocycles. The molecule has 0 aliphatic carbocycles. The Labute approximate surface area is 197 Å². The largest absolute Gasteiger partial charge is 0.353 e. The van der Waals surface area contributed by atoms with Crippen LogP contribution in [0.4, 0.5) is 0 Å². The van der Waals surface area contributed by atoms with Gasteiger partial charge in [0.2, 0.25) is 0 Å². The number of nitrogens with one attached hydrogen (secondary N) is 3. The number of pyridine rings is 2. The molecular formula is C28H24N6. The zero-order valence-corrected chi connectivity index (χ0v) is 18.8. The van der Waals surface area contributed by atoms with E-state index in [1.54, 1.807) is 0 Å². The number of hydrogen-bond donors (Lipinski definition) is 3. The van der Waals surface area contributed by atoms with Gasteiger partial charge in [0.15, 0.2) is 0 Å². The lowest BCUT2D eigenvalue weighted by Gasteiger charge is -2.06. The second-order valence-corrected chi connectivity index (χ2v) is 8.38. The van der Waals surface area contributed by atoms with Crippen LogP contribution in [-0.4, -0.2) is 31.7 Å². The quantitative estimate of drug-likeness (QED) is 0.297. The second-order valence-electron chi connectivity index (χ2n) is 8.38. The summed E-state index contributed by atoms with van der Waals surface area (Å²) in [5.41, 5.74) is 9.68. The third-order valence-electron chi connectivity index (χ3n) is 6.18. The van der Waals surface area contributed by atoms with Crippen LogP contribution in [0.5, 0.6) is 0 Å². The molecule has 3 N–H and O–H groups in total. The minimum atomic E-state index is 0.811. The van der Waals surface area contributed by atoms with Crippen LogP contribution in [0, 0.1) is 0 Å². The third-order valence-corrected chi connectivity index (χ3v) is 6.18. The van der Waals surface area contributed by atoms with Crippen LogP contribution in [0.25, 0.3) is 55.4 Å². The van der Waals surface area contributed by atoms with E-state index in [4.69, 9.17) is 0 Å². The number of fused-ring (bicyclic) bond motifs is 2. The number of rotatable bonds is 6. The highest BCUT2D eigenvalue weighted by Crippen LogP contribution is 2.35. The van der Waals surface area contributed by atoms with Crippen LogP contribution >= 0.6 is 0 Å². The summed E-state index contributed by atoms with van der Waals surface area (Å²) in [4.78, 5) is 12.2. The summed E-state index contributed by atoms with van der Waals surface area (Å²) in [7, 11) is 0. The average molecular weight is 445 g/mol. The summed E-state index contributed by atoms with van der Waals surface area (Å²) < 4.78 is 0. The molecule has 6 rings (SSSR count). The number of benzene rings is 2. The topological polar surface area (TPSA) is 82.3 Å². The van der Waals surface area contributed by atoms with Gasteiger partial charge >= 0.3 is 0 Å². The molecule has 0 saturated heterocycles. The molecular weight excluding hydrogens is 420 g/mol. The smallest absolute Gasteiger partial charge is 0.116 e. The van der Waals surface area contributed by atoms with Gasteiger partial charge in [-0.05, 0) is 71.3 Å². The Morgan fingerprint density at radius 1 is 0.794 bits per heavy atom. The number of hydrogen-bond acceptors (Lipinski definition) is 4. The number of aromatic amines is 2. The van der Waals surface area contributed by atoms with Gasteiger partial charge in [-0.1, -0.05) is 25.1 Å². The highest BCUT2D eigenvalue weighted by atomic mass is 15.1. The van der Waals surface area contributed by atoms with E-state index in [1.165, 1.54) is 11.1 Å². The highest BCUT2D eigenvalue weighted by molar-refractivity contribution is 6.01. The van der Waals surface area contributed by atoms with Crippen molar-refractivity contribution in [3.8, 4) is 33.6 Å². The third kappa shape index (κ3) is 3.64. The van der Waals surface area contributed by atoms with E-state index in [2.05, 4.69) is 85.9 Å². The number of nitrogens with zero attached hydrogens (tertiary/aromatic N) is 3. The van der Waals surface area contributed by atoms with Gasteiger partial charge in [0.25, 0.3) is 0 Å². The SMILES string of the molecule is CCNCc1cncc(-c2ccc3[nH]nc(-c4cc5c(-c6ccncc6)cccc5[nH]4)c3c2)c1. The molecule has 6 heteroatoms. The fraction of sp³-hybridized carbons (Fsp3) is 0.107. The van der Waals surface area contributed by atoms with Crippen LogP contribution in [0.1, 0.15) is 12.5 Å². The minimum Gasteiger partial charge on any atom is -0.353 e. The maximum atomic E-state index is 4.66. The highest BCUT2D eigenvalue weighted by Gasteiger charge is 2.14. The fourth-order valence-corrected chi connectivity index (χ4v) is 4.48. The Morgan fingerprint density at radius 2 is 1.71 bits per heavy atom. The van der Waals surface area contributed by atoms with E-state index in [-0.39, 0.29) is 0 Å². The Bertz CT molecular complexity index is 1600. The molecule has 166 valence electrons. The van der Waals surface area contributed by atoms with E-state index in [1.807, 2.05) is 36.9 Å². The van der Waals surface area contributed by atoms with Crippen molar-refractivity contribution < 1.29 is 0 Å². The maximum Gasteiger partial charge on any atom is 0.116 e. The van der Waals surface area contributed by atoms with Gasteiger partial charge in [0.1, 0.15) is 5.69 Å². The van der Waals surface area contributed by atoms with Crippen LogP contribution in [0.2, 0.25) is 0 Å². The monoisotopic (exact) mass is 444 g/mol. The molecule has 4 heterocycles. The number of H-pyrrole nitrogens is 2. The zero-order valence-electron chi connectivity index (χ0n) is 18.8. The Morgan fingerprint density at radius 3 is 2.59 bits per heavy atom. The standard InChI is InChI=1S/C28H24N6/c1-2-29-15-18-12-21(17-31-16-18)20-6-7-26-24(13-20)28(34-33-26)27-14-23-22(4-3-5-25(23)32-27)19-8-10-30-11-9-19/h3-14,16-17,29,32H,2,15H2,1H3,(H,33,34). The van der Waals surface area contributed by atoms with E-state index in [9.17, 15) is 0 Å². The Balaban J connectivity index is 1.44. The van der Waals surface area contributed by atoms with E-state index in [0.717, 1.165) is 63.0 Å². The molecule has 0 radical (unpaired) electrons. The van der Waals surface area contributed by atoms with E-state index < -0.39 is 0 Å². The Hall–Kier alpha value is -4.29. The molecule has 0 aliphatic rings. The van der Waals surface area contributed by atoms with E-state index in [0.29, 0.717) is 0 Å². The maximum absolute atomic E-state index is 4.66. The van der Waals surface area contributed by atoms with Crippen LogP contribution in [-0.2, 0) is 6.54 Å². The minimum absolute atomic E-state index is 0.811. The molecule has 0 saturated carbocycles. The first-order valence-corrected chi connectivity index (χ1v) is 11.5. The predicted molar refractivity (Wildman–Crippen MR) is 137 cm³/mol. The first kappa shape index (κ1) is 20.3. The molecule has 0 amide bonds. The summed E-state index contributed by atoms with van der Waals surface area (Å²) in [6.45, 7) is 3.85. The Kier molecular flexibility index (Phi) is 5.13. The lowest BCUT2D eigenvalue weighted by molar-refractivity contribution is 0.724. The summed E-state index contributed by atoms with van der Waals surface area (Å²) in [5, 5.41) is 13.5. The van der Waals surface area contributed by atoms with Crippen molar-refractivity contribution in [2.45, 2.75) is 13.5 Å². The lowest BCUT2D eigenvalue weighted by Crippen LogP contribution is -2.11. The second kappa shape index (κ2) is 8.57. The molecule has 0 spiro atoms. The predicted octanol–water partition coefficient (Wildman–Crippen LogP) is 5.94. The van der Waals surface area contributed by atoms with Crippen molar-refractivity contribution in [3.63, 3.8) is 0 Å². The van der Waals surface area contributed by atoms with E-state index >= 15 is 0 Å². The normalized spacial score (nSPS) is 11.4. The van der Waals surface area contributed by atoms with Crippen molar-refractivity contribution in [3.05, 3.63) is 91.0 Å². The summed E-state index contributed by atoms with van der Waals surface area (Å²) in [6.07, 6.45) is 7.48. The summed E-state index contributed by atoms with van der Waals surface area (Å²) in [6, 6.07) is 21.2. The average Bonchev–Trinajstić information content (AvgIpc) is 3.51. The molecule has 2 aromatic carbocycles. The molecule has 6 aromatic rings. The molecule has 0 atom stereocenters. The molecule has 34 heavy (non-hydrogen) atoms. The molecule has 6 nitrogen and oxygen atoms in total. The number of aromatic nitrogens is 5. The van der Waals surface area contributed by atoms with Crippen LogP contribution in [0.15, 0.2) is 85.5 Å². The molecule has 0 aliphatic heterocycles. The van der Waals surface area contributed by atoms with Crippen molar-refractivity contribution in [2.24, 2.45) is 0 Å². The molecule has 0 bridgehead atoms. The van der Waals surface area contributed by atoms with Crippen molar-refractivity contribution in [1.82, 2.24) is 30.5 Å². The van der Waals surface area contributed by atoms with Crippen LogP contribution < -0.4 is 5.32 Å². The van der Waals surface area contributed by atoms with Crippen molar-refractivity contribution >= 4 is 21.8 Å².